The van der Waals surface area contributed by atoms with Crippen LogP contribution in [0.5, 0.6) is 0 Å². The van der Waals surface area contributed by atoms with E-state index in [1.165, 1.54) is 7.05 Å². The molecule has 0 heterocycles. The van der Waals surface area contributed by atoms with Gasteiger partial charge in [0.2, 0.25) is 0 Å². The molecule has 1 fully saturated rings. The third-order valence-corrected chi connectivity index (χ3v) is 2.95. The summed E-state index contributed by atoms with van der Waals surface area (Å²) in [6.07, 6.45) is -0.217. The van der Waals surface area contributed by atoms with Gasteiger partial charge < -0.3 is 10.6 Å². The summed E-state index contributed by atoms with van der Waals surface area (Å²) in [4.78, 5) is 12.2. The molecule has 2 atom stereocenters. The zero-order valence-electron chi connectivity index (χ0n) is 8.25. The van der Waals surface area contributed by atoms with Crippen LogP contribution in [0.2, 0.25) is 0 Å². The highest BCUT2D eigenvalue weighted by Gasteiger charge is 2.34. The second kappa shape index (κ2) is 4.68. The highest BCUT2D eigenvalue weighted by Crippen LogP contribution is 2.28. The van der Waals surface area contributed by atoms with Crippen molar-refractivity contribution in [2.75, 3.05) is 13.6 Å². The van der Waals surface area contributed by atoms with Gasteiger partial charge in [0.05, 0.1) is 0 Å². The maximum atomic E-state index is 12.1. The van der Waals surface area contributed by atoms with E-state index < -0.39 is 12.3 Å². The zero-order chi connectivity index (χ0) is 10.7. The number of nitrogens with two attached hydrogens (primary N) is 1. The summed E-state index contributed by atoms with van der Waals surface area (Å²) in [6, 6.07) is -0.0958. The number of carbonyl (C=O) groups is 1. The van der Waals surface area contributed by atoms with Crippen molar-refractivity contribution in [1.29, 1.82) is 0 Å². The first-order valence-electron chi connectivity index (χ1n) is 4.82. The molecule has 0 aromatic carbocycles. The lowest BCUT2D eigenvalue weighted by Crippen LogP contribution is -2.44. The van der Waals surface area contributed by atoms with Crippen LogP contribution in [0.15, 0.2) is 0 Å². The summed E-state index contributed by atoms with van der Waals surface area (Å²) < 4.78 is 24.3. The molecule has 2 unspecified atom stereocenters. The Morgan fingerprint density at radius 1 is 1.57 bits per heavy atom. The number of alkyl halides is 2. The number of amides is 1. The normalized spacial score (nSPS) is 26.9. The van der Waals surface area contributed by atoms with Crippen LogP contribution < -0.4 is 5.73 Å². The predicted molar refractivity (Wildman–Crippen MR) is 49.0 cm³/mol. The smallest absolute Gasteiger partial charge is 0.315 e. The van der Waals surface area contributed by atoms with Crippen LogP contribution >= 0.6 is 0 Å². The van der Waals surface area contributed by atoms with Crippen molar-refractivity contribution < 1.29 is 13.6 Å². The third kappa shape index (κ3) is 2.20. The predicted octanol–water partition coefficient (Wildman–Crippen LogP) is 0.837. The van der Waals surface area contributed by atoms with Crippen LogP contribution in [0.3, 0.4) is 0 Å². The summed E-state index contributed by atoms with van der Waals surface area (Å²) in [5.74, 6) is -0.905. The first kappa shape index (κ1) is 11.4. The van der Waals surface area contributed by atoms with Crippen molar-refractivity contribution in [2.24, 2.45) is 11.7 Å². The topological polar surface area (TPSA) is 46.3 Å². The highest BCUT2D eigenvalue weighted by atomic mass is 19.3. The Morgan fingerprint density at radius 3 is 2.71 bits per heavy atom. The van der Waals surface area contributed by atoms with E-state index in [0.29, 0.717) is 6.54 Å². The number of halogens is 2. The molecular formula is C9H16F2N2O. The molecule has 82 valence electrons. The largest absolute Gasteiger partial charge is 0.337 e. The molecule has 0 bridgehead atoms. The van der Waals surface area contributed by atoms with Crippen molar-refractivity contribution >= 4 is 5.91 Å². The Labute approximate surface area is 82.2 Å². The van der Waals surface area contributed by atoms with Crippen molar-refractivity contribution in [3.8, 4) is 0 Å². The van der Waals surface area contributed by atoms with Gasteiger partial charge in [-0.1, -0.05) is 6.42 Å². The summed E-state index contributed by atoms with van der Waals surface area (Å²) in [5, 5.41) is 0. The van der Waals surface area contributed by atoms with Crippen LogP contribution in [0.25, 0.3) is 0 Å². The number of nitrogens with zero attached hydrogens (tertiary/aromatic N) is 1. The monoisotopic (exact) mass is 206 g/mol. The van der Waals surface area contributed by atoms with E-state index in [1.54, 1.807) is 0 Å². The fraction of sp³-hybridized carbons (Fsp3) is 0.889. The van der Waals surface area contributed by atoms with Crippen LogP contribution in [-0.2, 0) is 4.79 Å². The molecule has 0 radical (unpaired) electrons. The molecule has 1 rings (SSSR count). The van der Waals surface area contributed by atoms with Gasteiger partial charge in [-0.15, -0.1) is 0 Å². The Bertz CT molecular complexity index is 211. The highest BCUT2D eigenvalue weighted by molar-refractivity contribution is 5.79. The molecule has 3 nitrogen and oxygen atoms in total. The van der Waals surface area contributed by atoms with Crippen LogP contribution in [0.1, 0.15) is 19.3 Å². The molecule has 2 N–H and O–H groups in total. The minimum Gasteiger partial charge on any atom is -0.337 e. The molecule has 1 saturated carbocycles. The molecule has 0 aromatic rings. The van der Waals surface area contributed by atoms with Crippen LogP contribution in [-0.4, -0.2) is 36.9 Å². The molecular weight excluding hydrogens is 190 g/mol. The quantitative estimate of drug-likeness (QED) is 0.743. The molecule has 1 amide bonds. The summed E-state index contributed by atoms with van der Waals surface area (Å²) >= 11 is 0. The number of carbonyl (C=O) groups excluding carboxylic acids is 1. The van der Waals surface area contributed by atoms with E-state index in [4.69, 9.17) is 5.73 Å². The van der Waals surface area contributed by atoms with Gasteiger partial charge in [0.25, 0.3) is 5.91 Å². The van der Waals surface area contributed by atoms with E-state index in [2.05, 4.69) is 0 Å². The summed E-state index contributed by atoms with van der Waals surface area (Å²) in [6.45, 7) is 0.464. The standard InChI is InChI=1S/C9H16F2N2O/c1-13(9(14)8(10)11)7-4-2-3-6(7)5-12/h6-8H,2-5,12H2,1H3. The lowest BCUT2D eigenvalue weighted by Gasteiger charge is -2.28. The molecule has 0 spiro atoms. The first-order valence-corrected chi connectivity index (χ1v) is 4.82. The fourth-order valence-electron chi connectivity index (χ4n) is 2.12. The van der Waals surface area contributed by atoms with Crippen molar-refractivity contribution in [3.05, 3.63) is 0 Å². The molecule has 0 aliphatic heterocycles. The van der Waals surface area contributed by atoms with Gasteiger partial charge in [0.15, 0.2) is 0 Å². The van der Waals surface area contributed by atoms with Gasteiger partial charge in [-0.3, -0.25) is 4.79 Å². The molecule has 5 heteroatoms. The maximum absolute atomic E-state index is 12.1. The fourth-order valence-corrected chi connectivity index (χ4v) is 2.12. The van der Waals surface area contributed by atoms with E-state index in [9.17, 15) is 13.6 Å². The lowest BCUT2D eigenvalue weighted by molar-refractivity contribution is -0.144. The van der Waals surface area contributed by atoms with E-state index in [0.717, 1.165) is 24.2 Å². The average Bonchev–Trinajstić information content (AvgIpc) is 2.62. The summed E-state index contributed by atoms with van der Waals surface area (Å²) in [7, 11) is 1.44. The SMILES string of the molecule is CN(C(=O)C(F)F)C1CCCC1CN. The second-order valence-corrected chi connectivity index (χ2v) is 3.74. The maximum Gasteiger partial charge on any atom is 0.315 e. The minimum atomic E-state index is -2.90. The Hall–Kier alpha value is -0.710. The minimum absolute atomic E-state index is 0.0958. The molecule has 1 aliphatic rings. The molecule has 0 aromatic heterocycles. The van der Waals surface area contributed by atoms with Gasteiger partial charge in [0, 0.05) is 13.1 Å². The van der Waals surface area contributed by atoms with Gasteiger partial charge in [-0.05, 0) is 25.3 Å². The van der Waals surface area contributed by atoms with Crippen molar-refractivity contribution in [3.63, 3.8) is 0 Å². The summed E-state index contributed by atoms with van der Waals surface area (Å²) in [5.41, 5.74) is 5.51. The number of hydrogen-bond acceptors (Lipinski definition) is 2. The van der Waals surface area contributed by atoms with Gasteiger partial charge in [-0.2, -0.15) is 8.78 Å². The molecule has 0 saturated heterocycles. The number of hydrogen-bond donors (Lipinski definition) is 1. The lowest BCUT2D eigenvalue weighted by atomic mass is 10.0. The average molecular weight is 206 g/mol. The van der Waals surface area contributed by atoms with Crippen molar-refractivity contribution in [1.82, 2.24) is 4.90 Å². The van der Waals surface area contributed by atoms with Gasteiger partial charge in [-0.25, -0.2) is 0 Å². The Morgan fingerprint density at radius 2 is 2.21 bits per heavy atom. The second-order valence-electron chi connectivity index (χ2n) is 3.74. The third-order valence-electron chi connectivity index (χ3n) is 2.95. The van der Waals surface area contributed by atoms with Crippen LogP contribution in [0, 0.1) is 5.92 Å². The Kier molecular flexibility index (Phi) is 3.80. The van der Waals surface area contributed by atoms with Gasteiger partial charge >= 0.3 is 6.43 Å². The first-order chi connectivity index (χ1) is 6.57. The van der Waals surface area contributed by atoms with Crippen molar-refractivity contribution in [2.45, 2.75) is 31.7 Å². The number of rotatable bonds is 3. The molecule has 14 heavy (non-hydrogen) atoms. The zero-order valence-corrected chi connectivity index (χ0v) is 8.25. The van der Waals surface area contributed by atoms with E-state index in [-0.39, 0.29) is 12.0 Å². The Balaban J connectivity index is 2.59. The molecule has 1 aliphatic carbocycles. The van der Waals surface area contributed by atoms with Gasteiger partial charge in [0.1, 0.15) is 0 Å². The van der Waals surface area contributed by atoms with Crippen LogP contribution in [0.4, 0.5) is 8.78 Å². The van der Waals surface area contributed by atoms with E-state index in [1.807, 2.05) is 0 Å². The van der Waals surface area contributed by atoms with E-state index >= 15 is 0 Å².